The highest BCUT2D eigenvalue weighted by atomic mass is 19.1. The summed E-state index contributed by atoms with van der Waals surface area (Å²) in [5, 5.41) is 8.99. The third kappa shape index (κ3) is 2.53. The molecule has 0 bridgehead atoms. The van der Waals surface area contributed by atoms with Gasteiger partial charge < -0.3 is 10.0 Å². The fourth-order valence-electron chi connectivity index (χ4n) is 2.32. The number of piperidine rings is 1. The predicted octanol–water partition coefficient (Wildman–Crippen LogP) is 2.35. The summed E-state index contributed by atoms with van der Waals surface area (Å²) in [6.45, 7) is 2.17. The second kappa shape index (κ2) is 5.30. The van der Waals surface area contributed by atoms with Gasteiger partial charge in [-0.25, -0.2) is 4.39 Å². The molecule has 2 nitrogen and oxygen atoms in total. The smallest absolute Gasteiger partial charge is 0.123 e. The highest BCUT2D eigenvalue weighted by Gasteiger charge is 2.14. The second-order valence-corrected chi connectivity index (χ2v) is 4.29. The van der Waals surface area contributed by atoms with E-state index >= 15 is 0 Å². The van der Waals surface area contributed by atoms with Gasteiger partial charge in [-0.2, -0.15) is 0 Å². The minimum atomic E-state index is -0.218. The molecule has 1 aliphatic rings. The van der Waals surface area contributed by atoms with Crippen LogP contribution in [-0.4, -0.2) is 24.8 Å². The average Bonchev–Trinajstić information content (AvgIpc) is 2.31. The molecule has 0 atom stereocenters. The number of nitrogens with zero attached hydrogens (tertiary/aromatic N) is 1. The normalized spacial score (nSPS) is 16.5. The summed E-state index contributed by atoms with van der Waals surface area (Å²) in [5.41, 5.74) is 2.01. The number of aliphatic hydroxyl groups excluding tert-OH is 1. The van der Waals surface area contributed by atoms with Crippen molar-refractivity contribution in [2.24, 2.45) is 0 Å². The first-order chi connectivity index (χ1) is 7.81. The molecule has 3 heteroatoms. The molecule has 0 aromatic heterocycles. The van der Waals surface area contributed by atoms with Crippen molar-refractivity contribution in [1.82, 2.24) is 0 Å². The number of hydrogen-bond donors (Lipinski definition) is 1. The molecule has 0 radical (unpaired) electrons. The molecule has 1 N–H and O–H groups in total. The average molecular weight is 223 g/mol. The number of benzene rings is 1. The standard InChI is InChI=1S/C13H18FNO/c14-12-4-5-13(11(10-12)6-9-16)15-7-2-1-3-8-15/h4-5,10,16H,1-3,6-9H2. The van der Waals surface area contributed by atoms with Crippen LogP contribution in [0.5, 0.6) is 0 Å². The quantitative estimate of drug-likeness (QED) is 0.850. The van der Waals surface area contributed by atoms with E-state index in [1.165, 1.54) is 25.3 Å². The van der Waals surface area contributed by atoms with E-state index in [-0.39, 0.29) is 12.4 Å². The van der Waals surface area contributed by atoms with Crippen molar-refractivity contribution < 1.29 is 9.50 Å². The van der Waals surface area contributed by atoms with Crippen LogP contribution in [0.3, 0.4) is 0 Å². The fourth-order valence-corrected chi connectivity index (χ4v) is 2.32. The molecule has 1 saturated heterocycles. The van der Waals surface area contributed by atoms with Gasteiger partial charge >= 0.3 is 0 Å². The minimum Gasteiger partial charge on any atom is -0.396 e. The van der Waals surface area contributed by atoms with Crippen LogP contribution >= 0.6 is 0 Å². The highest BCUT2D eigenvalue weighted by Crippen LogP contribution is 2.25. The van der Waals surface area contributed by atoms with Gasteiger partial charge in [-0.05, 0) is 49.4 Å². The van der Waals surface area contributed by atoms with Gasteiger partial charge in [0.15, 0.2) is 0 Å². The van der Waals surface area contributed by atoms with E-state index in [9.17, 15) is 4.39 Å². The molecule has 0 saturated carbocycles. The van der Waals surface area contributed by atoms with Crippen molar-refractivity contribution in [3.63, 3.8) is 0 Å². The Labute approximate surface area is 95.7 Å². The third-order valence-corrected chi connectivity index (χ3v) is 3.12. The SMILES string of the molecule is OCCc1cc(F)ccc1N1CCCCC1. The van der Waals surface area contributed by atoms with Crippen LogP contribution in [0.4, 0.5) is 10.1 Å². The van der Waals surface area contributed by atoms with Gasteiger partial charge in [0.2, 0.25) is 0 Å². The molecule has 1 aromatic rings. The molecule has 16 heavy (non-hydrogen) atoms. The van der Waals surface area contributed by atoms with E-state index in [0.29, 0.717) is 6.42 Å². The summed E-state index contributed by atoms with van der Waals surface area (Å²) in [7, 11) is 0. The Hall–Kier alpha value is -1.09. The molecule has 1 aromatic carbocycles. The van der Waals surface area contributed by atoms with Crippen LogP contribution in [0.1, 0.15) is 24.8 Å². The lowest BCUT2D eigenvalue weighted by Gasteiger charge is -2.30. The first-order valence-corrected chi connectivity index (χ1v) is 5.95. The monoisotopic (exact) mass is 223 g/mol. The van der Waals surface area contributed by atoms with E-state index < -0.39 is 0 Å². The lowest BCUT2D eigenvalue weighted by Crippen LogP contribution is -2.30. The number of hydrogen-bond acceptors (Lipinski definition) is 2. The van der Waals surface area contributed by atoms with Gasteiger partial charge in [0, 0.05) is 25.4 Å². The zero-order valence-corrected chi connectivity index (χ0v) is 9.45. The van der Waals surface area contributed by atoms with Crippen molar-refractivity contribution in [1.29, 1.82) is 0 Å². The molecule has 2 rings (SSSR count). The summed E-state index contributed by atoms with van der Waals surface area (Å²) < 4.78 is 13.1. The lowest BCUT2D eigenvalue weighted by atomic mass is 10.1. The minimum absolute atomic E-state index is 0.0737. The van der Waals surface area contributed by atoms with Crippen LogP contribution < -0.4 is 4.90 Å². The van der Waals surface area contributed by atoms with E-state index in [2.05, 4.69) is 4.90 Å². The first-order valence-electron chi connectivity index (χ1n) is 5.95. The van der Waals surface area contributed by atoms with Crippen LogP contribution in [0.15, 0.2) is 18.2 Å². The van der Waals surface area contributed by atoms with Gasteiger partial charge in [-0.3, -0.25) is 0 Å². The largest absolute Gasteiger partial charge is 0.396 e. The van der Waals surface area contributed by atoms with Gasteiger partial charge in [0.05, 0.1) is 0 Å². The van der Waals surface area contributed by atoms with Crippen LogP contribution in [0.25, 0.3) is 0 Å². The van der Waals surface area contributed by atoms with Gasteiger partial charge in [-0.15, -0.1) is 0 Å². The van der Waals surface area contributed by atoms with E-state index in [0.717, 1.165) is 24.3 Å². The van der Waals surface area contributed by atoms with Gasteiger partial charge in [0.25, 0.3) is 0 Å². The molecule has 1 aliphatic heterocycles. The molecule has 88 valence electrons. The molecule has 0 spiro atoms. The molecular formula is C13H18FNO. The Morgan fingerprint density at radius 1 is 1.19 bits per heavy atom. The summed E-state index contributed by atoms with van der Waals surface area (Å²) in [4.78, 5) is 2.30. The third-order valence-electron chi connectivity index (χ3n) is 3.12. The van der Waals surface area contributed by atoms with Crippen LogP contribution in [0, 0.1) is 5.82 Å². The fraction of sp³-hybridized carbons (Fsp3) is 0.538. The summed E-state index contributed by atoms with van der Waals surface area (Å²) in [6, 6.07) is 4.89. The van der Waals surface area contributed by atoms with E-state index in [4.69, 9.17) is 5.11 Å². The van der Waals surface area contributed by atoms with Crippen molar-refractivity contribution >= 4 is 5.69 Å². The second-order valence-electron chi connectivity index (χ2n) is 4.29. The van der Waals surface area contributed by atoms with Crippen LogP contribution in [-0.2, 0) is 6.42 Å². The van der Waals surface area contributed by atoms with Crippen molar-refractivity contribution in [2.75, 3.05) is 24.6 Å². The highest BCUT2D eigenvalue weighted by molar-refractivity contribution is 5.54. The Morgan fingerprint density at radius 3 is 2.62 bits per heavy atom. The summed E-state index contributed by atoms with van der Waals surface area (Å²) >= 11 is 0. The zero-order valence-electron chi connectivity index (χ0n) is 9.45. The van der Waals surface area contributed by atoms with E-state index in [1.54, 1.807) is 6.07 Å². The number of aliphatic hydroxyl groups is 1. The Kier molecular flexibility index (Phi) is 3.78. The summed E-state index contributed by atoms with van der Waals surface area (Å²) in [6.07, 6.45) is 4.22. The van der Waals surface area contributed by atoms with Crippen molar-refractivity contribution in [2.45, 2.75) is 25.7 Å². The molecular weight excluding hydrogens is 205 g/mol. The van der Waals surface area contributed by atoms with Gasteiger partial charge in [0.1, 0.15) is 5.82 Å². The van der Waals surface area contributed by atoms with Crippen LogP contribution in [0.2, 0.25) is 0 Å². The Bertz CT molecular complexity index is 348. The molecule has 0 aliphatic carbocycles. The molecule has 1 heterocycles. The topological polar surface area (TPSA) is 23.5 Å². The number of halogens is 1. The lowest BCUT2D eigenvalue weighted by molar-refractivity contribution is 0.299. The van der Waals surface area contributed by atoms with Crippen molar-refractivity contribution in [3.05, 3.63) is 29.6 Å². The maximum Gasteiger partial charge on any atom is 0.123 e. The molecule has 0 unspecified atom stereocenters. The maximum atomic E-state index is 13.1. The molecule has 1 fully saturated rings. The summed E-state index contributed by atoms with van der Waals surface area (Å²) in [5.74, 6) is -0.218. The number of rotatable bonds is 3. The molecule has 0 amide bonds. The zero-order chi connectivity index (χ0) is 11.4. The predicted molar refractivity (Wildman–Crippen MR) is 63.3 cm³/mol. The van der Waals surface area contributed by atoms with Crippen molar-refractivity contribution in [3.8, 4) is 0 Å². The Morgan fingerprint density at radius 2 is 1.94 bits per heavy atom. The number of anilines is 1. The Balaban J connectivity index is 2.23. The first kappa shape index (κ1) is 11.4. The van der Waals surface area contributed by atoms with E-state index in [1.807, 2.05) is 6.07 Å². The maximum absolute atomic E-state index is 13.1. The van der Waals surface area contributed by atoms with Gasteiger partial charge in [-0.1, -0.05) is 0 Å².